The SMILES string of the molecule is C1=NCCN1.C1CCNCC1.C1CCNCC1.C1CCOC1.C1CCOCC1.C1CCSC1.C1CNCCN1.C1COCCN1.CC.CC.CC.CC.CC.CC.CC.CC. The Kier molecular flexibility index (Phi) is 131. The predicted molar refractivity (Wildman–Crippen MR) is 286 cm³/mol. The van der Waals surface area contributed by atoms with E-state index in [9.17, 15) is 0 Å². The largest absolute Gasteiger partial charge is 0.381 e. The summed E-state index contributed by atoms with van der Waals surface area (Å²) in [5.41, 5.74) is 0. The van der Waals surface area contributed by atoms with E-state index in [0.717, 1.165) is 92.0 Å². The fourth-order valence-corrected chi connectivity index (χ4v) is 5.77. The second kappa shape index (κ2) is 103. The van der Waals surface area contributed by atoms with Crippen LogP contribution in [0.25, 0.3) is 0 Å². The van der Waals surface area contributed by atoms with Gasteiger partial charge < -0.3 is 46.1 Å². The fraction of sp³-hybridized carbons (Fsp3) is 0.980. The molecule has 8 aliphatic heterocycles. The van der Waals surface area contributed by atoms with Gasteiger partial charge in [-0.25, -0.2) is 0 Å². The first kappa shape index (κ1) is 77.7. The van der Waals surface area contributed by atoms with Crippen molar-refractivity contribution < 1.29 is 14.2 Å². The van der Waals surface area contributed by atoms with Gasteiger partial charge in [-0.3, -0.25) is 4.99 Å². The average molecular weight is 901 g/mol. The maximum atomic E-state index is 5.07. The Labute approximate surface area is 391 Å². The van der Waals surface area contributed by atoms with Gasteiger partial charge in [-0.15, -0.1) is 0 Å². The second-order valence-electron chi connectivity index (χ2n) is 11.8. The number of rotatable bonds is 0. The summed E-state index contributed by atoms with van der Waals surface area (Å²) in [6.45, 7) is 51.4. The normalized spacial score (nSPS) is 18.1. The highest BCUT2D eigenvalue weighted by molar-refractivity contribution is 7.99. The van der Waals surface area contributed by atoms with Gasteiger partial charge in [0.2, 0.25) is 0 Å². The molecule has 0 spiro atoms. The molecular weight excluding hydrogens is 779 g/mol. The lowest BCUT2D eigenvalue weighted by Crippen LogP contribution is -2.39. The molecule has 10 nitrogen and oxygen atoms in total. The van der Waals surface area contributed by atoms with Crippen LogP contribution in [0.4, 0.5) is 0 Å². The molecule has 8 aliphatic rings. The summed E-state index contributed by atoms with van der Waals surface area (Å²) in [7, 11) is 0. The van der Waals surface area contributed by atoms with Gasteiger partial charge in [0.25, 0.3) is 0 Å². The van der Waals surface area contributed by atoms with Crippen LogP contribution >= 0.6 is 11.8 Å². The van der Waals surface area contributed by atoms with Gasteiger partial charge in [0.1, 0.15) is 0 Å². The van der Waals surface area contributed by atoms with Crippen molar-refractivity contribution in [3.63, 3.8) is 0 Å². The summed E-state index contributed by atoms with van der Waals surface area (Å²) < 4.78 is 15.0. The highest BCUT2D eigenvalue weighted by atomic mass is 32.2. The fourth-order valence-electron chi connectivity index (χ4n) is 4.75. The molecule has 8 heterocycles. The summed E-state index contributed by atoms with van der Waals surface area (Å²) in [6.07, 6.45) is 19.6. The Morgan fingerprint density at radius 3 is 0.721 bits per heavy atom. The van der Waals surface area contributed by atoms with E-state index in [2.05, 4.69) is 48.7 Å². The molecule has 0 bridgehead atoms. The third-order valence-corrected chi connectivity index (χ3v) is 8.67. The Hall–Kier alpha value is -0.500. The van der Waals surface area contributed by atoms with Crippen LogP contribution in [-0.4, -0.2) is 136 Å². The number of ether oxygens (including phenoxy) is 3. The van der Waals surface area contributed by atoms with E-state index < -0.39 is 0 Å². The van der Waals surface area contributed by atoms with Crippen molar-refractivity contribution in [1.82, 2.24) is 31.9 Å². The van der Waals surface area contributed by atoms with Crippen LogP contribution < -0.4 is 31.9 Å². The minimum atomic E-state index is 0.889. The van der Waals surface area contributed by atoms with E-state index in [-0.39, 0.29) is 0 Å². The van der Waals surface area contributed by atoms with E-state index in [1.165, 1.54) is 121 Å². The Bertz CT molecular complexity index is 401. The zero-order valence-electron chi connectivity index (χ0n) is 45.0. The smallest absolute Gasteiger partial charge is 0.0825 e. The predicted octanol–water partition coefficient (Wildman–Crippen LogP) is 11.6. The summed E-state index contributed by atoms with van der Waals surface area (Å²) in [6, 6.07) is 0. The third kappa shape index (κ3) is 99.3. The van der Waals surface area contributed by atoms with Crippen molar-refractivity contribution in [1.29, 1.82) is 0 Å². The zero-order chi connectivity index (χ0) is 47.8. The number of nitrogens with one attached hydrogen (secondary N) is 6. The van der Waals surface area contributed by atoms with E-state index in [4.69, 9.17) is 14.2 Å². The highest BCUT2D eigenvalue weighted by Gasteiger charge is 1.97. The molecule has 8 rings (SSSR count). The molecule has 0 radical (unpaired) electrons. The van der Waals surface area contributed by atoms with E-state index in [1.807, 2.05) is 111 Å². The number of thioether (sulfide) groups is 1. The average Bonchev–Trinajstić information content (AvgIpc) is 4.30. The van der Waals surface area contributed by atoms with Crippen molar-refractivity contribution in [2.75, 3.05) is 130 Å². The number of hydrogen-bond acceptors (Lipinski definition) is 11. The second-order valence-corrected chi connectivity index (χ2v) is 13.0. The molecular formula is C50H121N7O3S. The van der Waals surface area contributed by atoms with E-state index >= 15 is 0 Å². The number of morpholine rings is 1. The molecule has 6 N–H and O–H groups in total. The van der Waals surface area contributed by atoms with E-state index in [0.29, 0.717) is 0 Å². The molecule has 0 unspecified atom stereocenters. The van der Waals surface area contributed by atoms with Crippen LogP contribution in [-0.2, 0) is 14.2 Å². The quantitative estimate of drug-likeness (QED) is 0.141. The van der Waals surface area contributed by atoms with Crippen LogP contribution in [0.5, 0.6) is 0 Å². The van der Waals surface area contributed by atoms with Crippen LogP contribution in [0.1, 0.15) is 194 Å². The molecule has 380 valence electrons. The summed E-state index contributed by atoms with van der Waals surface area (Å²) in [5, 5.41) is 19.1. The first-order chi connectivity index (χ1) is 30.5. The van der Waals surface area contributed by atoms with Gasteiger partial charge in [-0.05, 0) is 108 Å². The summed E-state index contributed by atoms with van der Waals surface area (Å²) in [4.78, 5) is 3.85. The van der Waals surface area contributed by atoms with Crippen LogP contribution in [0.2, 0.25) is 0 Å². The first-order valence-corrected chi connectivity index (χ1v) is 27.7. The van der Waals surface area contributed by atoms with Crippen molar-refractivity contribution in [3.05, 3.63) is 0 Å². The minimum Gasteiger partial charge on any atom is -0.381 e. The number of aliphatic imine (C=N–C) groups is 1. The van der Waals surface area contributed by atoms with Crippen molar-refractivity contribution in [3.8, 4) is 0 Å². The van der Waals surface area contributed by atoms with Gasteiger partial charge in [0.05, 0.1) is 26.1 Å². The number of hydrogen-bond donors (Lipinski definition) is 6. The molecule has 0 atom stereocenters. The van der Waals surface area contributed by atoms with Gasteiger partial charge in [-0.2, -0.15) is 11.8 Å². The standard InChI is InChI=1S/2C5H11N.C5H10O.C4H10N2.C4H9NO.C4H8O.C4H8S.C3H6N2.8C2H6/c3*1-2-4-6-5-3-1;1-2-6-4-3-5-1;1-3-6-4-2-5-1;2*1-2-4-5-3-1;1-2-5-3-4-1;8*1-2/h2*6H,1-5H2;1-5H2;5-6H,1-4H2;5H,1-4H2;2*1-4H2;3H,1-2H2,(H,4,5);8*1-2H3. The van der Waals surface area contributed by atoms with Gasteiger partial charge in [0.15, 0.2) is 0 Å². The first-order valence-electron chi connectivity index (χ1n) is 26.6. The lowest BCUT2D eigenvalue weighted by atomic mass is 10.2. The lowest BCUT2D eigenvalue weighted by molar-refractivity contribution is 0.0968. The lowest BCUT2D eigenvalue weighted by Gasteiger charge is -2.11. The molecule has 0 aromatic rings. The molecule has 7 fully saturated rings. The molecule has 0 aliphatic carbocycles. The third-order valence-electron chi connectivity index (χ3n) is 7.52. The van der Waals surface area contributed by atoms with Gasteiger partial charge in [0, 0.05) is 72.2 Å². The monoisotopic (exact) mass is 900 g/mol. The molecule has 61 heavy (non-hydrogen) atoms. The van der Waals surface area contributed by atoms with Gasteiger partial charge in [-0.1, -0.05) is 124 Å². The topological polar surface area (TPSA) is 112 Å². The number of nitrogens with zero attached hydrogens (tertiary/aromatic N) is 1. The zero-order valence-corrected chi connectivity index (χ0v) is 45.8. The Morgan fingerprint density at radius 1 is 0.311 bits per heavy atom. The number of piperazine rings is 1. The Morgan fingerprint density at radius 2 is 0.607 bits per heavy atom. The van der Waals surface area contributed by atoms with Crippen molar-refractivity contribution in [2.45, 2.75) is 194 Å². The van der Waals surface area contributed by atoms with Crippen LogP contribution in [0.3, 0.4) is 0 Å². The van der Waals surface area contributed by atoms with E-state index in [1.54, 1.807) is 6.34 Å². The highest BCUT2D eigenvalue weighted by Crippen LogP contribution is 2.14. The van der Waals surface area contributed by atoms with Crippen molar-refractivity contribution >= 4 is 18.1 Å². The van der Waals surface area contributed by atoms with Crippen molar-refractivity contribution in [2.24, 2.45) is 4.99 Å². The molecule has 0 amide bonds. The number of piperidine rings is 2. The Balaban J connectivity index is -0.0000000838. The molecule has 11 heteroatoms. The molecule has 7 saturated heterocycles. The molecule has 0 aromatic carbocycles. The van der Waals surface area contributed by atoms with Gasteiger partial charge >= 0.3 is 0 Å². The maximum Gasteiger partial charge on any atom is 0.0825 e. The minimum absolute atomic E-state index is 0.889. The summed E-state index contributed by atoms with van der Waals surface area (Å²) in [5.74, 6) is 2.83. The molecule has 0 aromatic heterocycles. The van der Waals surface area contributed by atoms with Crippen LogP contribution in [0, 0.1) is 0 Å². The molecule has 0 saturated carbocycles. The van der Waals surface area contributed by atoms with Crippen LogP contribution in [0.15, 0.2) is 4.99 Å². The maximum absolute atomic E-state index is 5.07. The summed E-state index contributed by atoms with van der Waals surface area (Å²) >= 11 is 2.07.